The zero-order valence-electron chi connectivity index (χ0n) is 6.53. The Hall–Kier alpha value is -0.830. The summed E-state index contributed by atoms with van der Waals surface area (Å²) in [4.78, 5) is 4.12. The molecule has 0 aliphatic rings. The molecule has 0 aliphatic carbocycles. The molecule has 3 nitrogen and oxygen atoms in total. The van der Waals surface area contributed by atoms with Crippen LogP contribution >= 0.6 is 0 Å². The third kappa shape index (κ3) is 1.19. The molecular weight excluding hydrogens is 128 g/mol. The molecule has 0 radical (unpaired) electrons. The molecule has 1 aromatic heterocycles. The van der Waals surface area contributed by atoms with Crippen molar-refractivity contribution in [1.82, 2.24) is 9.55 Å². The van der Waals surface area contributed by atoms with Crippen LogP contribution in [0, 0.1) is 0 Å². The molecule has 0 N–H and O–H groups in total. The summed E-state index contributed by atoms with van der Waals surface area (Å²) in [7, 11) is 3.64. The highest BCUT2D eigenvalue weighted by Gasteiger charge is 2.06. The minimum absolute atomic E-state index is 0.0833. The summed E-state index contributed by atoms with van der Waals surface area (Å²) in [5.41, 5.74) is 0. The lowest BCUT2D eigenvalue weighted by Crippen LogP contribution is -2.03. The van der Waals surface area contributed by atoms with Crippen molar-refractivity contribution in [2.75, 3.05) is 7.11 Å². The second kappa shape index (κ2) is 2.84. The summed E-state index contributed by atoms with van der Waals surface area (Å²) >= 11 is 0. The molecule has 0 spiro atoms. The van der Waals surface area contributed by atoms with Gasteiger partial charge in [0.05, 0.1) is 0 Å². The van der Waals surface area contributed by atoms with Gasteiger partial charge in [-0.2, -0.15) is 0 Å². The lowest BCUT2D eigenvalue weighted by atomic mass is 10.4. The molecule has 0 aromatic carbocycles. The van der Waals surface area contributed by atoms with Gasteiger partial charge in [0.25, 0.3) is 0 Å². The summed E-state index contributed by atoms with van der Waals surface area (Å²) in [5, 5.41) is 0. The molecule has 1 aromatic rings. The van der Waals surface area contributed by atoms with Gasteiger partial charge in [0.1, 0.15) is 11.9 Å². The van der Waals surface area contributed by atoms with E-state index in [0.717, 1.165) is 5.82 Å². The minimum Gasteiger partial charge on any atom is -0.374 e. The maximum Gasteiger partial charge on any atom is 0.137 e. The Kier molecular flexibility index (Phi) is 2.06. The van der Waals surface area contributed by atoms with Gasteiger partial charge in [0.15, 0.2) is 0 Å². The van der Waals surface area contributed by atoms with Crippen LogP contribution in [0.1, 0.15) is 18.9 Å². The maximum absolute atomic E-state index is 5.09. The SMILES string of the molecule is COC(C)c1nccn1C. The first kappa shape index (κ1) is 7.28. The van der Waals surface area contributed by atoms with Crippen LogP contribution in [0.5, 0.6) is 0 Å². The summed E-state index contributed by atoms with van der Waals surface area (Å²) in [6.45, 7) is 1.97. The largest absolute Gasteiger partial charge is 0.374 e. The van der Waals surface area contributed by atoms with E-state index in [0.29, 0.717) is 0 Å². The number of methoxy groups -OCH3 is 1. The second-order valence-corrected chi connectivity index (χ2v) is 2.27. The van der Waals surface area contributed by atoms with E-state index in [9.17, 15) is 0 Å². The average Bonchev–Trinajstić information content (AvgIpc) is 2.34. The quantitative estimate of drug-likeness (QED) is 0.615. The molecule has 3 heteroatoms. The van der Waals surface area contributed by atoms with Crippen molar-refractivity contribution in [2.45, 2.75) is 13.0 Å². The number of aromatic nitrogens is 2. The van der Waals surface area contributed by atoms with Crippen molar-refractivity contribution < 1.29 is 4.74 Å². The van der Waals surface area contributed by atoms with Crippen molar-refractivity contribution in [3.8, 4) is 0 Å². The van der Waals surface area contributed by atoms with Crippen LogP contribution in [0.2, 0.25) is 0 Å². The van der Waals surface area contributed by atoms with Crippen molar-refractivity contribution in [3.63, 3.8) is 0 Å². The molecule has 1 unspecified atom stereocenters. The highest BCUT2D eigenvalue weighted by molar-refractivity contribution is 4.94. The number of hydrogen-bond donors (Lipinski definition) is 0. The van der Waals surface area contributed by atoms with Gasteiger partial charge in [-0.3, -0.25) is 0 Å². The van der Waals surface area contributed by atoms with E-state index in [1.807, 2.05) is 24.7 Å². The molecular formula is C7H12N2O. The lowest BCUT2D eigenvalue weighted by Gasteiger charge is -2.07. The highest BCUT2D eigenvalue weighted by Crippen LogP contribution is 2.10. The summed E-state index contributed by atoms with van der Waals surface area (Å²) in [6.07, 6.45) is 3.76. The molecule has 0 saturated heterocycles. The molecule has 0 aliphatic heterocycles. The third-order valence-corrected chi connectivity index (χ3v) is 1.58. The molecule has 0 fully saturated rings. The van der Waals surface area contributed by atoms with Crippen molar-refractivity contribution >= 4 is 0 Å². The Bertz CT molecular complexity index is 207. The van der Waals surface area contributed by atoms with E-state index < -0.39 is 0 Å². The molecule has 10 heavy (non-hydrogen) atoms. The van der Waals surface area contributed by atoms with Gasteiger partial charge >= 0.3 is 0 Å². The van der Waals surface area contributed by atoms with Gasteiger partial charge in [0, 0.05) is 26.6 Å². The van der Waals surface area contributed by atoms with Crippen LogP contribution in [0.3, 0.4) is 0 Å². The monoisotopic (exact) mass is 140 g/mol. The van der Waals surface area contributed by atoms with Crippen LogP contribution in [0.25, 0.3) is 0 Å². The van der Waals surface area contributed by atoms with Crippen molar-refractivity contribution in [3.05, 3.63) is 18.2 Å². The number of hydrogen-bond acceptors (Lipinski definition) is 2. The first-order valence-electron chi connectivity index (χ1n) is 3.25. The van der Waals surface area contributed by atoms with Crippen LogP contribution in [0.15, 0.2) is 12.4 Å². The smallest absolute Gasteiger partial charge is 0.137 e. The predicted molar refractivity (Wildman–Crippen MR) is 38.6 cm³/mol. The summed E-state index contributed by atoms with van der Waals surface area (Å²) < 4.78 is 7.04. The van der Waals surface area contributed by atoms with Gasteiger partial charge in [0.2, 0.25) is 0 Å². The average molecular weight is 140 g/mol. The van der Waals surface area contributed by atoms with Crippen molar-refractivity contribution in [2.24, 2.45) is 7.05 Å². The van der Waals surface area contributed by atoms with E-state index >= 15 is 0 Å². The minimum atomic E-state index is 0.0833. The van der Waals surface area contributed by atoms with Gasteiger partial charge in [-0.05, 0) is 6.92 Å². The zero-order chi connectivity index (χ0) is 7.56. The van der Waals surface area contributed by atoms with Gasteiger partial charge < -0.3 is 9.30 Å². The topological polar surface area (TPSA) is 27.1 Å². The normalized spacial score (nSPS) is 13.5. The standard InChI is InChI=1S/C7H12N2O/c1-6(10-3)7-8-4-5-9(7)2/h4-6H,1-3H3. The van der Waals surface area contributed by atoms with Crippen molar-refractivity contribution in [1.29, 1.82) is 0 Å². The van der Waals surface area contributed by atoms with Crippen LogP contribution in [-0.4, -0.2) is 16.7 Å². The number of nitrogens with zero attached hydrogens (tertiary/aromatic N) is 2. The Morgan fingerprint density at radius 2 is 2.40 bits per heavy atom. The maximum atomic E-state index is 5.09. The second-order valence-electron chi connectivity index (χ2n) is 2.27. The number of ether oxygens (including phenoxy) is 1. The Labute approximate surface area is 60.6 Å². The summed E-state index contributed by atoms with van der Waals surface area (Å²) in [5.74, 6) is 0.961. The fourth-order valence-electron chi connectivity index (χ4n) is 0.874. The van der Waals surface area contributed by atoms with Gasteiger partial charge in [-0.25, -0.2) is 4.98 Å². The van der Waals surface area contributed by atoms with E-state index in [1.54, 1.807) is 13.3 Å². The molecule has 56 valence electrons. The van der Waals surface area contributed by atoms with Crippen LogP contribution in [0.4, 0.5) is 0 Å². The fourth-order valence-corrected chi connectivity index (χ4v) is 0.874. The van der Waals surface area contributed by atoms with E-state index in [1.165, 1.54) is 0 Å². The highest BCUT2D eigenvalue weighted by atomic mass is 16.5. The predicted octanol–water partition coefficient (Wildman–Crippen LogP) is 1.13. The van der Waals surface area contributed by atoms with E-state index in [-0.39, 0.29) is 6.10 Å². The van der Waals surface area contributed by atoms with Gasteiger partial charge in [-0.1, -0.05) is 0 Å². The zero-order valence-corrected chi connectivity index (χ0v) is 6.53. The molecule has 0 saturated carbocycles. The molecule has 0 amide bonds. The fraction of sp³-hybridized carbons (Fsp3) is 0.571. The molecule has 0 bridgehead atoms. The Balaban J connectivity index is 2.82. The lowest BCUT2D eigenvalue weighted by molar-refractivity contribution is 0.109. The molecule has 1 heterocycles. The first-order chi connectivity index (χ1) is 4.75. The molecule has 1 atom stereocenters. The third-order valence-electron chi connectivity index (χ3n) is 1.58. The Morgan fingerprint density at radius 3 is 2.80 bits per heavy atom. The van der Waals surface area contributed by atoms with Crippen LogP contribution in [-0.2, 0) is 11.8 Å². The number of aryl methyl sites for hydroxylation is 1. The van der Waals surface area contributed by atoms with Gasteiger partial charge in [-0.15, -0.1) is 0 Å². The summed E-state index contributed by atoms with van der Waals surface area (Å²) in [6, 6.07) is 0. The van der Waals surface area contributed by atoms with E-state index in [2.05, 4.69) is 4.98 Å². The Morgan fingerprint density at radius 1 is 1.70 bits per heavy atom. The molecule has 1 rings (SSSR count). The van der Waals surface area contributed by atoms with Crippen LogP contribution < -0.4 is 0 Å². The number of imidazole rings is 1. The number of rotatable bonds is 2. The van der Waals surface area contributed by atoms with E-state index in [4.69, 9.17) is 4.74 Å². The first-order valence-corrected chi connectivity index (χ1v) is 3.25.